The molecule has 0 fully saturated rings. The van der Waals surface area contributed by atoms with Crippen LogP contribution in [0.25, 0.3) is 0 Å². The molecular formula is C31H48N4O7S. The maximum Gasteiger partial charge on any atom is 0.243 e. The molecule has 2 aromatic carbocycles. The second kappa shape index (κ2) is 17.9. The highest BCUT2D eigenvalue weighted by molar-refractivity contribution is 7.89. The van der Waals surface area contributed by atoms with Crippen LogP contribution in [-0.4, -0.2) is 88.8 Å². The van der Waals surface area contributed by atoms with Gasteiger partial charge in [0, 0.05) is 26.7 Å². The van der Waals surface area contributed by atoms with Gasteiger partial charge in [0.15, 0.2) is 0 Å². The SMILES string of the molecule is CCC(C)[C@H](NC(=O)CNCCOC)C(=O)N[C@@H](c1ccccc1)[C@H](O)CN(CC(C)C)S(=O)(=O)c1ccc(OC)cc1. The van der Waals surface area contributed by atoms with Gasteiger partial charge in [0.2, 0.25) is 21.8 Å². The highest BCUT2D eigenvalue weighted by atomic mass is 32.2. The van der Waals surface area contributed by atoms with Crippen LogP contribution >= 0.6 is 0 Å². The molecule has 12 heteroatoms. The van der Waals surface area contributed by atoms with Gasteiger partial charge in [0.1, 0.15) is 11.8 Å². The molecule has 11 nitrogen and oxygen atoms in total. The van der Waals surface area contributed by atoms with Crippen molar-refractivity contribution in [2.75, 3.05) is 47.0 Å². The smallest absolute Gasteiger partial charge is 0.243 e. The fourth-order valence-corrected chi connectivity index (χ4v) is 6.12. The van der Waals surface area contributed by atoms with Gasteiger partial charge in [-0.2, -0.15) is 4.31 Å². The highest BCUT2D eigenvalue weighted by Crippen LogP contribution is 2.24. The Balaban J connectivity index is 2.34. The van der Waals surface area contributed by atoms with Gasteiger partial charge in [-0.25, -0.2) is 8.42 Å². The number of sulfonamides is 1. The van der Waals surface area contributed by atoms with Gasteiger partial charge < -0.3 is 30.5 Å². The number of nitrogens with zero attached hydrogens (tertiary/aromatic N) is 1. The largest absolute Gasteiger partial charge is 0.497 e. The lowest BCUT2D eigenvalue weighted by Gasteiger charge is -2.32. The van der Waals surface area contributed by atoms with Crippen molar-refractivity contribution in [2.24, 2.45) is 11.8 Å². The molecule has 0 heterocycles. The van der Waals surface area contributed by atoms with Crippen LogP contribution in [-0.2, 0) is 24.3 Å². The summed E-state index contributed by atoms with van der Waals surface area (Å²) in [4.78, 5) is 26.4. The summed E-state index contributed by atoms with van der Waals surface area (Å²) in [6.07, 6.45) is -0.682. The molecule has 0 aromatic heterocycles. The summed E-state index contributed by atoms with van der Waals surface area (Å²) in [6.45, 7) is 8.40. The number of rotatable bonds is 19. The Morgan fingerprint density at radius 1 is 0.953 bits per heavy atom. The number of hydrogen-bond acceptors (Lipinski definition) is 8. The van der Waals surface area contributed by atoms with Gasteiger partial charge >= 0.3 is 0 Å². The van der Waals surface area contributed by atoms with Crippen molar-refractivity contribution in [1.29, 1.82) is 0 Å². The first-order chi connectivity index (χ1) is 20.4. The molecule has 2 amide bonds. The predicted molar refractivity (Wildman–Crippen MR) is 166 cm³/mol. The number of carbonyl (C=O) groups is 2. The molecule has 0 spiro atoms. The van der Waals surface area contributed by atoms with Crippen LogP contribution in [0.5, 0.6) is 5.75 Å². The Hall–Kier alpha value is -3.03. The average Bonchev–Trinajstić information content (AvgIpc) is 3.00. The van der Waals surface area contributed by atoms with Crippen molar-refractivity contribution in [3.63, 3.8) is 0 Å². The summed E-state index contributed by atoms with van der Waals surface area (Å²) >= 11 is 0. The normalized spacial score (nSPS) is 14.6. The van der Waals surface area contributed by atoms with Crippen LogP contribution in [0.3, 0.4) is 0 Å². The van der Waals surface area contributed by atoms with Gasteiger partial charge in [-0.3, -0.25) is 9.59 Å². The maximum atomic E-state index is 13.7. The number of aliphatic hydroxyl groups is 1. The summed E-state index contributed by atoms with van der Waals surface area (Å²) in [6, 6.07) is 13.1. The van der Waals surface area contributed by atoms with E-state index in [9.17, 15) is 23.1 Å². The first kappa shape index (κ1) is 36.2. The minimum Gasteiger partial charge on any atom is -0.497 e. The lowest BCUT2D eigenvalue weighted by Crippen LogP contribution is -2.54. The molecular weight excluding hydrogens is 572 g/mol. The van der Waals surface area contributed by atoms with Crippen molar-refractivity contribution in [2.45, 2.75) is 57.2 Å². The third-order valence-electron chi connectivity index (χ3n) is 7.08. The van der Waals surface area contributed by atoms with Gasteiger partial charge in [0.25, 0.3) is 0 Å². The number of aliphatic hydroxyl groups excluding tert-OH is 1. The fourth-order valence-electron chi connectivity index (χ4n) is 4.50. The first-order valence-electron chi connectivity index (χ1n) is 14.6. The summed E-state index contributed by atoms with van der Waals surface area (Å²) in [5.74, 6) is -0.533. The molecule has 2 rings (SSSR count). The minimum absolute atomic E-state index is 0.0156. The lowest BCUT2D eigenvalue weighted by atomic mass is 9.96. The molecule has 4 atom stereocenters. The molecule has 0 aliphatic heterocycles. The zero-order valence-corrected chi connectivity index (χ0v) is 26.9. The number of hydrogen-bond donors (Lipinski definition) is 4. The molecule has 0 saturated heterocycles. The van der Waals surface area contributed by atoms with Crippen molar-refractivity contribution in [1.82, 2.24) is 20.3 Å². The zero-order valence-electron chi connectivity index (χ0n) is 26.1. The van der Waals surface area contributed by atoms with Gasteiger partial charge in [0.05, 0.1) is 37.3 Å². The molecule has 4 N–H and O–H groups in total. The number of ether oxygens (including phenoxy) is 2. The average molecular weight is 621 g/mol. The Morgan fingerprint density at radius 3 is 2.16 bits per heavy atom. The molecule has 1 unspecified atom stereocenters. The number of carbonyl (C=O) groups excluding carboxylic acids is 2. The van der Waals surface area contributed by atoms with Crippen LogP contribution in [0.1, 0.15) is 45.7 Å². The maximum absolute atomic E-state index is 13.7. The van der Waals surface area contributed by atoms with Gasteiger partial charge in [-0.15, -0.1) is 0 Å². The van der Waals surface area contributed by atoms with E-state index >= 15 is 0 Å². The third kappa shape index (κ3) is 11.2. The standard InChI is InChI=1S/C31H48N4O7S/c1-7-23(4)29(33-28(37)19-32-17-18-41-5)31(38)34-30(24-11-9-8-10-12-24)27(36)21-35(20-22(2)3)43(39,40)26-15-13-25(42-6)14-16-26/h8-16,22-23,27,29-30,32,36H,7,17-21H2,1-6H3,(H,33,37)(H,34,38)/t23?,27-,29+,30+/m1/s1. The Labute approximate surface area is 256 Å². The van der Waals surface area contributed by atoms with Crippen molar-refractivity contribution in [3.05, 3.63) is 60.2 Å². The van der Waals surface area contributed by atoms with E-state index in [1.54, 1.807) is 43.5 Å². The Morgan fingerprint density at radius 2 is 1.60 bits per heavy atom. The molecule has 43 heavy (non-hydrogen) atoms. The van der Waals surface area contributed by atoms with Crippen molar-refractivity contribution < 1.29 is 32.6 Å². The number of methoxy groups -OCH3 is 2. The number of nitrogens with one attached hydrogen (secondary N) is 3. The van der Waals surface area contributed by atoms with Crippen LogP contribution in [0.2, 0.25) is 0 Å². The molecule has 0 saturated carbocycles. The second-order valence-corrected chi connectivity index (χ2v) is 12.9. The Kier molecular flexibility index (Phi) is 15.1. The summed E-state index contributed by atoms with van der Waals surface area (Å²) in [5.41, 5.74) is 0.602. The van der Waals surface area contributed by atoms with Crippen LogP contribution in [0.15, 0.2) is 59.5 Å². The van der Waals surface area contributed by atoms with E-state index in [2.05, 4.69) is 16.0 Å². The van der Waals surface area contributed by atoms with E-state index in [1.807, 2.05) is 33.8 Å². The molecule has 0 aliphatic carbocycles. The Bertz CT molecular complexity index is 1230. The lowest BCUT2D eigenvalue weighted by molar-refractivity contribution is -0.131. The summed E-state index contributed by atoms with van der Waals surface area (Å²) < 4.78 is 38.8. The topological polar surface area (TPSA) is 146 Å². The molecule has 0 aliphatic rings. The minimum atomic E-state index is -3.99. The molecule has 0 radical (unpaired) electrons. The van der Waals surface area contributed by atoms with Crippen LogP contribution < -0.4 is 20.7 Å². The van der Waals surface area contributed by atoms with Gasteiger partial charge in [-0.05, 0) is 41.7 Å². The molecule has 2 aromatic rings. The monoisotopic (exact) mass is 620 g/mol. The van der Waals surface area contributed by atoms with Crippen LogP contribution in [0.4, 0.5) is 0 Å². The van der Waals surface area contributed by atoms with Crippen molar-refractivity contribution >= 4 is 21.8 Å². The fraction of sp³-hybridized carbons (Fsp3) is 0.548. The highest BCUT2D eigenvalue weighted by Gasteiger charge is 2.34. The van der Waals surface area contributed by atoms with E-state index < -0.39 is 34.1 Å². The number of amides is 2. The zero-order chi connectivity index (χ0) is 32.0. The quantitative estimate of drug-likeness (QED) is 0.175. The first-order valence-corrected chi connectivity index (χ1v) is 16.0. The number of benzene rings is 2. The molecule has 240 valence electrons. The van der Waals surface area contributed by atoms with Crippen LogP contribution in [0, 0.1) is 11.8 Å². The van der Waals surface area contributed by atoms with E-state index in [0.717, 1.165) is 0 Å². The van der Waals surface area contributed by atoms with Crippen molar-refractivity contribution in [3.8, 4) is 5.75 Å². The van der Waals surface area contributed by atoms with E-state index in [1.165, 1.54) is 23.5 Å². The van der Waals surface area contributed by atoms with E-state index in [4.69, 9.17) is 9.47 Å². The third-order valence-corrected chi connectivity index (χ3v) is 8.92. The summed E-state index contributed by atoms with van der Waals surface area (Å²) in [5, 5.41) is 20.3. The van der Waals surface area contributed by atoms with E-state index in [-0.39, 0.29) is 42.3 Å². The predicted octanol–water partition coefficient (Wildman–Crippen LogP) is 2.33. The second-order valence-electron chi connectivity index (χ2n) is 11.0. The molecule has 0 bridgehead atoms. The summed E-state index contributed by atoms with van der Waals surface area (Å²) in [7, 11) is -0.922. The van der Waals surface area contributed by atoms with Gasteiger partial charge in [-0.1, -0.05) is 64.4 Å². The van der Waals surface area contributed by atoms with E-state index in [0.29, 0.717) is 30.9 Å².